The lowest BCUT2D eigenvalue weighted by atomic mass is 10.1. The van der Waals surface area contributed by atoms with Crippen LogP contribution >= 0.6 is 11.8 Å². The molecule has 2 N–H and O–H groups in total. The van der Waals surface area contributed by atoms with E-state index in [9.17, 15) is 0 Å². The van der Waals surface area contributed by atoms with Crippen LogP contribution in [0.15, 0.2) is 22.6 Å². The van der Waals surface area contributed by atoms with Crippen LogP contribution in [0.5, 0.6) is 0 Å². The second-order valence-corrected chi connectivity index (χ2v) is 5.08. The van der Waals surface area contributed by atoms with Crippen molar-refractivity contribution >= 4 is 22.9 Å². The van der Waals surface area contributed by atoms with Gasteiger partial charge in [0, 0.05) is 0 Å². The van der Waals surface area contributed by atoms with E-state index >= 15 is 0 Å². The molecule has 17 heavy (non-hydrogen) atoms. The molecule has 0 spiro atoms. The Kier molecular flexibility index (Phi) is 4.07. The molecule has 1 aromatic heterocycles. The first-order chi connectivity index (χ1) is 8.24. The fourth-order valence-corrected chi connectivity index (χ4v) is 2.23. The highest BCUT2D eigenvalue weighted by Crippen LogP contribution is 2.22. The highest BCUT2D eigenvalue weighted by atomic mass is 32.2. The van der Waals surface area contributed by atoms with E-state index in [4.69, 9.17) is 10.2 Å². The van der Waals surface area contributed by atoms with Gasteiger partial charge in [0.05, 0.1) is 6.04 Å². The van der Waals surface area contributed by atoms with Gasteiger partial charge in [0.2, 0.25) is 5.89 Å². The SMILES string of the molecule is CCc1ccc2oc(C(N)CCSC)nc2c1. The highest BCUT2D eigenvalue weighted by Gasteiger charge is 2.13. The van der Waals surface area contributed by atoms with Crippen LogP contribution in [-0.2, 0) is 6.42 Å². The standard InChI is InChI=1S/C13H18N2OS/c1-3-9-4-5-12-11(8-9)15-13(16-12)10(14)6-7-17-2/h4-5,8,10H,3,6-7,14H2,1-2H3. The molecule has 1 unspecified atom stereocenters. The third-order valence-corrected chi connectivity index (χ3v) is 3.47. The van der Waals surface area contributed by atoms with Gasteiger partial charge in [-0.25, -0.2) is 4.98 Å². The van der Waals surface area contributed by atoms with Gasteiger partial charge >= 0.3 is 0 Å². The number of hydrogen-bond donors (Lipinski definition) is 1. The Morgan fingerprint density at radius 1 is 1.47 bits per heavy atom. The van der Waals surface area contributed by atoms with Crippen molar-refractivity contribution in [2.24, 2.45) is 5.73 Å². The zero-order chi connectivity index (χ0) is 12.3. The van der Waals surface area contributed by atoms with Crippen molar-refractivity contribution in [3.8, 4) is 0 Å². The molecular weight excluding hydrogens is 232 g/mol. The molecule has 0 aliphatic rings. The van der Waals surface area contributed by atoms with Crippen LogP contribution < -0.4 is 5.73 Å². The number of nitrogens with zero attached hydrogens (tertiary/aromatic N) is 1. The van der Waals surface area contributed by atoms with E-state index in [2.05, 4.69) is 30.3 Å². The lowest BCUT2D eigenvalue weighted by Crippen LogP contribution is -2.11. The van der Waals surface area contributed by atoms with Crippen molar-refractivity contribution in [3.63, 3.8) is 0 Å². The van der Waals surface area contributed by atoms with Crippen LogP contribution in [0, 0.1) is 0 Å². The average molecular weight is 250 g/mol. The van der Waals surface area contributed by atoms with Gasteiger partial charge in [-0.15, -0.1) is 0 Å². The molecule has 0 aliphatic heterocycles. The molecule has 2 aromatic rings. The van der Waals surface area contributed by atoms with E-state index < -0.39 is 0 Å². The summed E-state index contributed by atoms with van der Waals surface area (Å²) in [7, 11) is 0. The molecule has 0 radical (unpaired) electrons. The molecule has 2 rings (SSSR count). The second kappa shape index (κ2) is 5.56. The zero-order valence-corrected chi connectivity index (χ0v) is 11.1. The van der Waals surface area contributed by atoms with Gasteiger partial charge in [-0.1, -0.05) is 13.0 Å². The summed E-state index contributed by atoms with van der Waals surface area (Å²) in [6, 6.07) is 6.03. The molecule has 1 heterocycles. The minimum absolute atomic E-state index is 0.0973. The van der Waals surface area contributed by atoms with Crippen LogP contribution in [-0.4, -0.2) is 17.0 Å². The number of thioether (sulfide) groups is 1. The molecule has 1 atom stereocenters. The summed E-state index contributed by atoms with van der Waals surface area (Å²) in [4.78, 5) is 4.47. The van der Waals surface area contributed by atoms with Crippen molar-refractivity contribution in [3.05, 3.63) is 29.7 Å². The Labute approximate surface area is 106 Å². The number of fused-ring (bicyclic) bond motifs is 1. The largest absolute Gasteiger partial charge is 0.439 e. The molecule has 1 aromatic carbocycles. The van der Waals surface area contributed by atoms with E-state index in [1.54, 1.807) is 11.8 Å². The fraction of sp³-hybridized carbons (Fsp3) is 0.462. The quantitative estimate of drug-likeness (QED) is 0.885. The Balaban J connectivity index is 2.24. The highest BCUT2D eigenvalue weighted by molar-refractivity contribution is 7.98. The number of benzene rings is 1. The Bertz CT molecular complexity index is 495. The molecule has 3 nitrogen and oxygen atoms in total. The van der Waals surface area contributed by atoms with E-state index in [1.807, 2.05) is 6.07 Å². The summed E-state index contributed by atoms with van der Waals surface area (Å²) in [6.45, 7) is 2.13. The number of nitrogens with two attached hydrogens (primary N) is 1. The van der Waals surface area contributed by atoms with Gasteiger partial charge in [0.15, 0.2) is 5.58 Å². The maximum absolute atomic E-state index is 6.05. The first-order valence-electron chi connectivity index (χ1n) is 5.88. The normalized spacial score (nSPS) is 13.1. The molecule has 0 saturated heterocycles. The summed E-state index contributed by atoms with van der Waals surface area (Å²) < 4.78 is 5.68. The molecule has 0 amide bonds. The summed E-state index contributed by atoms with van der Waals surface area (Å²) in [6.07, 6.45) is 3.98. The van der Waals surface area contributed by atoms with Crippen molar-refractivity contribution in [1.82, 2.24) is 4.98 Å². The molecule has 4 heteroatoms. The minimum atomic E-state index is -0.0973. The maximum Gasteiger partial charge on any atom is 0.212 e. The van der Waals surface area contributed by atoms with Crippen LogP contribution in [0.25, 0.3) is 11.1 Å². The summed E-state index contributed by atoms with van der Waals surface area (Å²) in [5.41, 5.74) is 9.07. The first kappa shape index (κ1) is 12.5. The van der Waals surface area contributed by atoms with Crippen molar-refractivity contribution < 1.29 is 4.42 Å². The first-order valence-corrected chi connectivity index (χ1v) is 7.28. The van der Waals surface area contributed by atoms with Gasteiger partial charge in [-0.2, -0.15) is 11.8 Å². The maximum atomic E-state index is 6.05. The molecule has 0 fully saturated rings. The minimum Gasteiger partial charge on any atom is -0.439 e. The third-order valence-electron chi connectivity index (χ3n) is 2.83. The van der Waals surface area contributed by atoms with Crippen molar-refractivity contribution in [2.75, 3.05) is 12.0 Å². The number of aryl methyl sites for hydroxylation is 1. The number of aromatic nitrogens is 1. The predicted molar refractivity (Wildman–Crippen MR) is 73.3 cm³/mol. The van der Waals surface area contributed by atoms with Crippen molar-refractivity contribution in [2.45, 2.75) is 25.8 Å². The zero-order valence-electron chi connectivity index (χ0n) is 10.3. The van der Waals surface area contributed by atoms with Crippen LogP contribution in [0.2, 0.25) is 0 Å². The van der Waals surface area contributed by atoms with Crippen LogP contribution in [0.1, 0.15) is 30.8 Å². The summed E-state index contributed by atoms with van der Waals surface area (Å²) in [5.74, 6) is 1.68. The lowest BCUT2D eigenvalue weighted by molar-refractivity contribution is 0.470. The van der Waals surface area contributed by atoms with Gasteiger partial charge in [-0.3, -0.25) is 0 Å². The molecule has 0 saturated carbocycles. The molecule has 0 bridgehead atoms. The van der Waals surface area contributed by atoms with E-state index in [0.29, 0.717) is 5.89 Å². The van der Waals surface area contributed by atoms with Gasteiger partial charge < -0.3 is 10.2 Å². The number of rotatable bonds is 5. The molecule has 92 valence electrons. The third kappa shape index (κ3) is 2.82. The smallest absolute Gasteiger partial charge is 0.212 e. The lowest BCUT2D eigenvalue weighted by Gasteiger charge is -2.04. The Morgan fingerprint density at radius 3 is 3.00 bits per heavy atom. The second-order valence-electron chi connectivity index (χ2n) is 4.10. The van der Waals surface area contributed by atoms with Gasteiger partial charge in [-0.05, 0) is 42.5 Å². The Hall–Kier alpha value is -1.00. The monoisotopic (exact) mass is 250 g/mol. The van der Waals surface area contributed by atoms with Crippen LogP contribution in [0.4, 0.5) is 0 Å². The van der Waals surface area contributed by atoms with Gasteiger partial charge in [0.1, 0.15) is 5.52 Å². The van der Waals surface area contributed by atoms with Gasteiger partial charge in [0.25, 0.3) is 0 Å². The van der Waals surface area contributed by atoms with E-state index in [0.717, 1.165) is 29.7 Å². The summed E-state index contributed by atoms with van der Waals surface area (Å²) >= 11 is 1.79. The molecular formula is C13H18N2OS. The number of oxazole rings is 1. The topological polar surface area (TPSA) is 52.0 Å². The van der Waals surface area contributed by atoms with E-state index in [1.165, 1.54) is 5.56 Å². The van der Waals surface area contributed by atoms with Crippen molar-refractivity contribution in [1.29, 1.82) is 0 Å². The van der Waals surface area contributed by atoms with E-state index in [-0.39, 0.29) is 6.04 Å². The molecule has 0 aliphatic carbocycles. The predicted octanol–water partition coefficient (Wildman–Crippen LogP) is 3.14. The number of hydrogen-bond acceptors (Lipinski definition) is 4. The average Bonchev–Trinajstić information content (AvgIpc) is 2.78. The Morgan fingerprint density at radius 2 is 2.29 bits per heavy atom. The van der Waals surface area contributed by atoms with Crippen LogP contribution in [0.3, 0.4) is 0 Å². The summed E-state index contributed by atoms with van der Waals surface area (Å²) in [5, 5.41) is 0. The fourth-order valence-electron chi connectivity index (χ4n) is 1.74.